The Morgan fingerprint density at radius 2 is 2.24 bits per heavy atom. The quantitative estimate of drug-likeness (QED) is 0.758. The smallest absolute Gasteiger partial charge is 0.156 e. The van der Waals surface area contributed by atoms with Crippen LogP contribution in [-0.2, 0) is 9.53 Å². The van der Waals surface area contributed by atoms with Gasteiger partial charge in [0.05, 0.1) is 12.7 Å². The number of ether oxygens (including phenoxy) is 1. The Labute approximate surface area is 110 Å². The van der Waals surface area contributed by atoms with Crippen molar-refractivity contribution in [1.29, 1.82) is 5.26 Å². The van der Waals surface area contributed by atoms with Crippen molar-refractivity contribution in [1.82, 2.24) is 0 Å². The van der Waals surface area contributed by atoms with Crippen molar-refractivity contribution < 1.29 is 9.53 Å². The molecule has 0 fully saturated rings. The minimum absolute atomic E-state index is 0.104. The molecule has 0 spiro atoms. The molecule has 1 rings (SSSR count). The van der Waals surface area contributed by atoms with Crippen LogP contribution in [0.1, 0.15) is 24.8 Å². The molecular formula is C13H14BrNO2. The number of hydrogen-bond donors (Lipinski definition) is 0. The molecule has 0 radical (unpaired) electrons. The Kier molecular flexibility index (Phi) is 5.88. The van der Waals surface area contributed by atoms with Crippen molar-refractivity contribution >= 4 is 21.7 Å². The number of nitriles is 1. The maximum absolute atomic E-state index is 11.9. The molecule has 1 atom stereocenters. The van der Waals surface area contributed by atoms with Gasteiger partial charge < -0.3 is 4.74 Å². The standard InChI is InChI=1S/C13H14BrNO2/c1-2-17-8-7-13(16)11(9-15)10-5-3-4-6-12(10)14/h3-6,11H,2,7-8H2,1H3. The molecule has 0 amide bonds. The highest BCUT2D eigenvalue weighted by Gasteiger charge is 2.21. The summed E-state index contributed by atoms with van der Waals surface area (Å²) in [4.78, 5) is 11.9. The highest BCUT2D eigenvalue weighted by molar-refractivity contribution is 9.10. The fourth-order valence-electron chi connectivity index (χ4n) is 1.49. The zero-order valence-corrected chi connectivity index (χ0v) is 11.2. The SMILES string of the molecule is CCOCCC(=O)C(C#N)c1ccccc1Br. The number of hydrogen-bond acceptors (Lipinski definition) is 3. The second-order valence-corrected chi connectivity index (χ2v) is 4.35. The maximum atomic E-state index is 11.9. The van der Waals surface area contributed by atoms with Crippen LogP contribution in [-0.4, -0.2) is 19.0 Å². The van der Waals surface area contributed by atoms with E-state index in [9.17, 15) is 4.79 Å². The molecule has 1 aromatic carbocycles. The van der Waals surface area contributed by atoms with Gasteiger partial charge in [-0.25, -0.2) is 0 Å². The van der Waals surface area contributed by atoms with Gasteiger partial charge >= 0.3 is 0 Å². The zero-order valence-electron chi connectivity index (χ0n) is 9.65. The summed E-state index contributed by atoms with van der Waals surface area (Å²) in [7, 11) is 0. The molecule has 0 N–H and O–H groups in total. The van der Waals surface area contributed by atoms with Crippen molar-refractivity contribution in [2.75, 3.05) is 13.2 Å². The van der Waals surface area contributed by atoms with Gasteiger partial charge in [0, 0.05) is 17.5 Å². The maximum Gasteiger partial charge on any atom is 0.156 e. The molecule has 0 aromatic heterocycles. The highest BCUT2D eigenvalue weighted by Crippen LogP contribution is 2.25. The van der Waals surface area contributed by atoms with E-state index in [0.29, 0.717) is 13.2 Å². The van der Waals surface area contributed by atoms with Crippen LogP contribution in [0.5, 0.6) is 0 Å². The van der Waals surface area contributed by atoms with Crippen molar-refractivity contribution in [2.24, 2.45) is 0 Å². The van der Waals surface area contributed by atoms with E-state index in [1.54, 1.807) is 6.07 Å². The van der Waals surface area contributed by atoms with Gasteiger partial charge in [-0.05, 0) is 18.6 Å². The second-order valence-electron chi connectivity index (χ2n) is 3.50. The molecule has 90 valence electrons. The number of rotatable bonds is 6. The molecule has 4 heteroatoms. The number of halogens is 1. The van der Waals surface area contributed by atoms with Crippen LogP contribution in [0.4, 0.5) is 0 Å². The Bertz CT molecular complexity index is 426. The van der Waals surface area contributed by atoms with E-state index >= 15 is 0 Å². The highest BCUT2D eigenvalue weighted by atomic mass is 79.9. The van der Waals surface area contributed by atoms with Gasteiger partial charge in [0.25, 0.3) is 0 Å². The molecule has 0 heterocycles. The molecule has 0 bridgehead atoms. The monoisotopic (exact) mass is 295 g/mol. The van der Waals surface area contributed by atoms with Crippen LogP contribution in [0, 0.1) is 11.3 Å². The lowest BCUT2D eigenvalue weighted by Crippen LogP contribution is -2.13. The van der Waals surface area contributed by atoms with Gasteiger partial charge in [-0.15, -0.1) is 0 Å². The number of carbonyl (C=O) groups is 1. The summed E-state index contributed by atoms with van der Waals surface area (Å²) < 4.78 is 5.91. The minimum atomic E-state index is -0.717. The molecule has 0 aliphatic heterocycles. The number of carbonyl (C=O) groups excluding carboxylic acids is 1. The molecule has 0 aliphatic carbocycles. The fourth-order valence-corrected chi connectivity index (χ4v) is 2.00. The first-order chi connectivity index (χ1) is 8.20. The van der Waals surface area contributed by atoms with Crippen LogP contribution in [0.3, 0.4) is 0 Å². The third kappa shape index (κ3) is 3.95. The Balaban J connectivity index is 2.76. The summed E-state index contributed by atoms with van der Waals surface area (Å²) in [6, 6.07) is 9.34. The zero-order chi connectivity index (χ0) is 12.7. The van der Waals surface area contributed by atoms with Gasteiger partial charge in [0.1, 0.15) is 5.92 Å². The second kappa shape index (κ2) is 7.21. The number of Topliss-reactive ketones (excluding diaryl/α,β-unsaturated/α-hetero) is 1. The Morgan fingerprint density at radius 1 is 1.53 bits per heavy atom. The largest absolute Gasteiger partial charge is 0.381 e. The first-order valence-corrected chi connectivity index (χ1v) is 6.24. The minimum Gasteiger partial charge on any atom is -0.381 e. The third-order valence-corrected chi connectivity index (χ3v) is 3.09. The first kappa shape index (κ1) is 13.9. The Hall–Kier alpha value is -1.18. The first-order valence-electron chi connectivity index (χ1n) is 5.45. The van der Waals surface area contributed by atoms with Crippen LogP contribution >= 0.6 is 15.9 Å². The van der Waals surface area contributed by atoms with E-state index in [4.69, 9.17) is 10.00 Å². The van der Waals surface area contributed by atoms with E-state index in [1.165, 1.54) is 0 Å². The molecule has 1 aromatic rings. The fraction of sp³-hybridized carbons (Fsp3) is 0.385. The molecular weight excluding hydrogens is 282 g/mol. The molecule has 0 saturated carbocycles. The summed E-state index contributed by atoms with van der Waals surface area (Å²) in [5.74, 6) is -0.820. The van der Waals surface area contributed by atoms with Gasteiger partial charge in [-0.3, -0.25) is 4.79 Å². The molecule has 1 unspecified atom stereocenters. The summed E-state index contributed by atoms with van der Waals surface area (Å²) >= 11 is 3.35. The summed E-state index contributed by atoms with van der Waals surface area (Å²) in [5, 5.41) is 9.10. The summed E-state index contributed by atoms with van der Waals surface area (Å²) in [6.45, 7) is 2.83. The normalized spacial score (nSPS) is 11.8. The predicted octanol–water partition coefficient (Wildman–Crippen LogP) is 3.05. The van der Waals surface area contributed by atoms with Crippen molar-refractivity contribution in [2.45, 2.75) is 19.3 Å². The topological polar surface area (TPSA) is 50.1 Å². The van der Waals surface area contributed by atoms with Crippen molar-refractivity contribution in [3.05, 3.63) is 34.3 Å². The van der Waals surface area contributed by atoms with E-state index in [-0.39, 0.29) is 12.2 Å². The van der Waals surface area contributed by atoms with E-state index in [2.05, 4.69) is 22.0 Å². The van der Waals surface area contributed by atoms with Crippen LogP contribution in [0.2, 0.25) is 0 Å². The van der Waals surface area contributed by atoms with Gasteiger partial charge in [-0.2, -0.15) is 5.26 Å². The molecule has 0 saturated heterocycles. The number of nitrogens with zero attached hydrogens (tertiary/aromatic N) is 1. The van der Waals surface area contributed by atoms with Gasteiger partial charge in [-0.1, -0.05) is 34.1 Å². The lowest BCUT2D eigenvalue weighted by Gasteiger charge is -2.10. The van der Waals surface area contributed by atoms with Crippen LogP contribution in [0.15, 0.2) is 28.7 Å². The van der Waals surface area contributed by atoms with Crippen molar-refractivity contribution in [3.8, 4) is 6.07 Å². The molecule has 3 nitrogen and oxygen atoms in total. The number of ketones is 1. The van der Waals surface area contributed by atoms with Gasteiger partial charge in [0.15, 0.2) is 5.78 Å². The average Bonchev–Trinajstić information content (AvgIpc) is 2.33. The molecule has 17 heavy (non-hydrogen) atoms. The van der Waals surface area contributed by atoms with E-state index in [0.717, 1.165) is 10.0 Å². The van der Waals surface area contributed by atoms with E-state index in [1.807, 2.05) is 25.1 Å². The predicted molar refractivity (Wildman–Crippen MR) is 68.6 cm³/mol. The lowest BCUT2D eigenvalue weighted by molar-refractivity contribution is -0.120. The average molecular weight is 296 g/mol. The van der Waals surface area contributed by atoms with Gasteiger partial charge in [0.2, 0.25) is 0 Å². The van der Waals surface area contributed by atoms with Crippen molar-refractivity contribution in [3.63, 3.8) is 0 Å². The molecule has 0 aliphatic rings. The summed E-state index contributed by atoms with van der Waals surface area (Å²) in [5.41, 5.74) is 0.719. The number of benzene rings is 1. The Morgan fingerprint density at radius 3 is 2.82 bits per heavy atom. The van der Waals surface area contributed by atoms with Crippen LogP contribution in [0.25, 0.3) is 0 Å². The van der Waals surface area contributed by atoms with E-state index < -0.39 is 5.92 Å². The lowest BCUT2D eigenvalue weighted by atomic mass is 9.95. The third-order valence-electron chi connectivity index (χ3n) is 2.36. The van der Waals surface area contributed by atoms with Crippen LogP contribution < -0.4 is 0 Å². The summed E-state index contributed by atoms with van der Waals surface area (Å²) in [6.07, 6.45) is 0.271.